The zero-order chi connectivity index (χ0) is 77.9. The number of carbonyl (C=O) groups is 1. The first kappa shape index (κ1) is 73.3. The fourth-order valence-electron chi connectivity index (χ4n) is 19.8. The lowest BCUT2D eigenvalue weighted by Crippen LogP contribution is -2.49. The number of hydrogen-bond acceptors (Lipinski definition) is 15. The predicted molar refractivity (Wildman–Crippen MR) is 439 cm³/mol. The summed E-state index contributed by atoms with van der Waals surface area (Å²) in [7, 11) is 20.0. The highest BCUT2D eigenvalue weighted by Gasteiger charge is 2.46. The van der Waals surface area contributed by atoms with Gasteiger partial charge in [0.2, 0.25) is 26.3 Å². The standard InChI is InChI=1S/C21H26NO2.C19H21NO4.C19H17NO3.C19H20NO2.C17H15NO2/c1-22(2,3)13-12-16-14-19(23-4)21(24-5)20-17-9-7-6-8-15(17)10-11-18(16)20;1-20-5-4-10-7-15(22)19(24-3)18-12-9-16(23-2)14(21)8-11(12)6-13(20)17(10)18;1-11(21)20-7-6-13-9-16-19(23-10-22-16)18-14-5-3-2-4-12(14)8-15(20)17(13)18;1-20(2)8-7-13-10-16-19(22-11-21-16)18-14-6-4-3-5-12(14)9-15(20)17(13)18;1-2-4-12-10(3-1)7-13-15-11(5-6-18-13)8-14-17(16(12)15)20-9-19-14/h6-11,14H,12-13H2,1-5H3;7-9,13,21-22H,4-6H2,1-3H3;2-5,9,15H,6-8,10H2,1H3;3-6,10,15H,7-9,11H2,1-2H3;1-4,8,13,18H,5-7,9H2/q+1;;;+1;. The second-order valence-electron chi connectivity index (χ2n) is 33.0. The molecule has 0 fully saturated rings. The monoisotopic (exact) mass is 1520 g/mol. The van der Waals surface area contributed by atoms with Crippen molar-refractivity contribution in [3.05, 3.63) is 224 Å². The minimum atomic E-state index is 0.107. The number of phenolic OH excluding ortho intramolecular Hbond substituents is 2. The molecule has 11 aromatic carbocycles. The van der Waals surface area contributed by atoms with E-state index in [1.807, 2.05) is 17.0 Å². The zero-order valence-electron chi connectivity index (χ0n) is 66.4. The number of hydrogen-bond donors (Lipinski definition) is 3. The lowest BCUT2D eigenvalue weighted by atomic mass is 9.76. The Balaban J connectivity index is 0.0000000985. The Hall–Kier alpha value is -11.2. The number of phenols is 2. The molecular weight excluding hydrogens is 1420 g/mol. The van der Waals surface area contributed by atoms with Gasteiger partial charge in [0.25, 0.3) is 0 Å². The Morgan fingerprint density at radius 3 is 1.67 bits per heavy atom. The number of likely N-dealkylation sites (N-methyl/N-ethyl adjacent to an activating group) is 3. The summed E-state index contributed by atoms with van der Waals surface area (Å²) in [5.74, 6) is 8.39. The molecule has 3 N–H and O–H groups in total. The average molecular weight is 1520 g/mol. The van der Waals surface area contributed by atoms with E-state index in [1.165, 1.54) is 124 Å². The highest BCUT2D eigenvalue weighted by molar-refractivity contribution is 6.12. The molecule has 4 unspecified atom stereocenters. The number of methoxy groups -OCH3 is 4. The third kappa shape index (κ3) is 12.8. The SMILES string of the molecule is CC(=O)N1CCc2cc3c(c4c2C1Cc1ccccc1-4)OCO3.COc1cc(CC[N+](C)(C)C)c2ccc3ccccc3c2c1OC.COc1cc2c(cc1O)CC1c3c(cc(O)c(OC)c3-2)CCN1C.C[N+]1(C)CCc2cc3c(c4c2C1Cc1ccccc1-4)OCO3.c1ccc2c(c1)CC1NCCc3cc4c(c-2c31)OCO4. The van der Waals surface area contributed by atoms with Crippen molar-refractivity contribution in [1.82, 2.24) is 15.1 Å². The summed E-state index contributed by atoms with van der Waals surface area (Å²) in [6.07, 6.45) is 8.82. The first-order chi connectivity index (χ1) is 54.8. The second kappa shape index (κ2) is 29.1. The van der Waals surface area contributed by atoms with Gasteiger partial charge in [-0.15, -0.1) is 0 Å². The van der Waals surface area contributed by atoms with Gasteiger partial charge in [-0.1, -0.05) is 109 Å². The van der Waals surface area contributed by atoms with Gasteiger partial charge in [-0.05, 0) is 200 Å². The Bertz CT molecular complexity index is 5670. The molecule has 0 bridgehead atoms. The van der Waals surface area contributed by atoms with Crippen LogP contribution in [0, 0.1) is 0 Å². The molecule has 0 saturated carbocycles. The maximum absolute atomic E-state index is 12.1. The van der Waals surface area contributed by atoms with Crippen LogP contribution in [0.15, 0.2) is 152 Å². The van der Waals surface area contributed by atoms with Crippen LogP contribution in [0.3, 0.4) is 0 Å². The zero-order valence-corrected chi connectivity index (χ0v) is 66.4. The van der Waals surface area contributed by atoms with Crippen LogP contribution in [0.1, 0.15) is 103 Å². The van der Waals surface area contributed by atoms with Crippen molar-refractivity contribution in [2.75, 3.05) is 124 Å². The van der Waals surface area contributed by atoms with Gasteiger partial charge in [0, 0.05) is 84.6 Å². The molecule has 22 rings (SSSR count). The van der Waals surface area contributed by atoms with Crippen LogP contribution >= 0.6 is 0 Å². The summed E-state index contributed by atoms with van der Waals surface area (Å²) in [6, 6.07) is 54.1. The quantitative estimate of drug-likeness (QED) is 0.102. The van der Waals surface area contributed by atoms with Crippen molar-refractivity contribution in [2.24, 2.45) is 0 Å². The lowest BCUT2D eigenvalue weighted by Gasteiger charge is -2.45. The highest BCUT2D eigenvalue weighted by Crippen LogP contribution is 2.59. The minimum Gasteiger partial charge on any atom is -0.504 e. The van der Waals surface area contributed by atoms with E-state index in [0.717, 1.165) is 167 Å². The molecule has 18 nitrogen and oxygen atoms in total. The summed E-state index contributed by atoms with van der Waals surface area (Å²) in [5, 5.41) is 29.1. The van der Waals surface area contributed by atoms with E-state index >= 15 is 0 Å². The van der Waals surface area contributed by atoms with Crippen LogP contribution in [0.4, 0.5) is 0 Å². The van der Waals surface area contributed by atoms with Gasteiger partial charge in [0.1, 0.15) is 6.04 Å². The van der Waals surface area contributed by atoms with E-state index in [-0.39, 0.29) is 36.3 Å². The second-order valence-corrected chi connectivity index (χ2v) is 33.0. The molecule has 113 heavy (non-hydrogen) atoms. The third-order valence-electron chi connectivity index (χ3n) is 25.3. The van der Waals surface area contributed by atoms with Crippen molar-refractivity contribution < 1.29 is 71.3 Å². The summed E-state index contributed by atoms with van der Waals surface area (Å²) in [5.41, 5.74) is 26.6. The van der Waals surface area contributed by atoms with Crippen LogP contribution in [-0.2, 0) is 62.6 Å². The van der Waals surface area contributed by atoms with Gasteiger partial charge in [-0.25, -0.2) is 0 Å². The number of fused-ring (bicyclic) bond motifs is 17. The molecule has 0 radical (unpaired) electrons. The molecule has 4 aliphatic carbocycles. The van der Waals surface area contributed by atoms with Crippen LogP contribution in [0.5, 0.6) is 69.0 Å². The van der Waals surface area contributed by atoms with Crippen LogP contribution < -0.4 is 52.7 Å². The summed E-state index contributed by atoms with van der Waals surface area (Å²) < 4.78 is 58.6. The number of benzene rings is 11. The minimum absolute atomic E-state index is 0.107. The number of amides is 1. The average Bonchev–Trinajstić information content (AvgIpc) is 1.71. The fraction of sp³-hybridized carbons (Fsp3) is 0.337. The van der Waals surface area contributed by atoms with E-state index in [2.05, 4.69) is 186 Å². The number of rotatable bonds is 7. The number of aromatic hydroxyl groups is 2. The number of carbonyl (C=O) groups excluding carboxylic acids is 1. The molecule has 11 aliphatic rings. The van der Waals surface area contributed by atoms with Crippen molar-refractivity contribution in [3.63, 3.8) is 0 Å². The number of nitrogens with one attached hydrogen (secondary N) is 1. The number of nitrogens with zero attached hydrogens (tertiary/aromatic N) is 4. The topological polar surface area (TPSA) is 168 Å². The van der Waals surface area contributed by atoms with Crippen molar-refractivity contribution >= 4 is 27.5 Å². The van der Waals surface area contributed by atoms with Gasteiger partial charge >= 0.3 is 0 Å². The Labute approximate surface area is 660 Å². The number of quaternary nitrogens is 2. The summed E-state index contributed by atoms with van der Waals surface area (Å²) in [4.78, 5) is 16.5. The maximum Gasteiger partial charge on any atom is 0.231 e. The van der Waals surface area contributed by atoms with E-state index in [4.69, 9.17) is 47.4 Å². The van der Waals surface area contributed by atoms with Crippen molar-refractivity contribution in [1.29, 1.82) is 0 Å². The largest absolute Gasteiger partial charge is 0.504 e. The third-order valence-corrected chi connectivity index (χ3v) is 25.3. The van der Waals surface area contributed by atoms with Crippen molar-refractivity contribution in [2.45, 2.75) is 88.9 Å². The Morgan fingerprint density at radius 1 is 0.504 bits per heavy atom. The maximum atomic E-state index is 12.1. The van der Waals surface area contributed by atoms with Crippen LogP contribution in [0.25, 0.3) is 66.1 Å². The molecule has 7 heterocycles. The molecule has 1 amide bonds. The van der Waals surface area contributed by atoms with E-state index in [9.17, 15) is 15.0 Å². The first-order valence-corrected chi connectivity index (χ1v) is 39.6. The fourth-order valence-corrected chi connectivity index (χ4v) is 19.8. The molecule has 4 atom stereocenters. The predicted octanol–water partition coefficient (Wildman–Crippen LogP) is 16.3. The molecule has 18 heteroatoms. The molecule has 0 aromatic heterocycles. The molecule has 580 valence electrons. The molecular formula is C95H99N5O13+2. The molecule has 11 aromatic rings. The van der Waals surface area contributed by atoms with E-state index in [0.29, 0.717) is 37.2 Å². The molecule has 7 aliphatic heterocycles. The van der Waals surface area contributed by atoms with Crippen LogP contribution in [0.2, 0.25) is 0 Å². The summed E-state index contributed by atoms with van der Waals surface area (Å²) in [6.45, 7) is 7.62. The van der Waals surface area contributed by atoms with Gasteiger partial charge in [0.05, 0.1) is 82.8 Å². The van der Waals surface area contributed by atoms with Crippen LogP contribution in [-0.4, -0.2) is 159 Å². The van der Waals surface area contributed by atoms with E-state index < -0.39 is 0 Å². The molecule has 0 saturated heterocycles. The number of ether oxygens (including phenoxy) is 10. The van der Waals surface area contributed by atoms with E-state index in [1.54, 1.807) is 34.3 Å². The molecule has 0 spiro atoms. The lowest BCUT2D eigenvalue weighted by molar-refractivity contribution is -0.923. The normalized spacial score (nSPS) is 18.8. The Kier molecular flexibility index (Phi) is 18.9. The van der Waals surface area contributed by atoms with Gasteiger partial charge in [0.15, 0.2) is 69.0 Å². The van der Waals surface area contributed by atoms with Gasteiger partial charge in [-0.2, -0.15) is 0 Å². The highest BCUT2D eigenvalue weighted by atomic mass is 16.7. The summed E-state index contributed by atoms with van der Waals surface area (Å²) >= 11 is 0. The van der Waals surface area contributed by atoms with Crippen molar-refractivity contribution in [3.8, 4) is 114 Å². The first-order valence-electron chi connectivity index (χ1n) is 39.6. The van der Waals surface area contributed by atoms with Gasteiger partial charge in [-0.3, -0.25) is 9.69 Å². The Morgan fingerprint density at radius 2 is 1.04 bits per heavy atom. The smallest absolute Gasteiger partial charge is 0.231 e. The van der Waals surface area contributed by atoms with Gasteiger partial charge < -0.3 is 76.8 Å².